The van der Waals surface area contributed by atoms with E-state index in [-0.39, 0.29) is 12.5 Å². The van der Waals surface area contributed by atoms with Crippen molar-refractivity contribution in [3.05, 3.63) is 59.7 Å². The van der Waals surface area contributed by atoms with E-state index in [9.17, 15) is 9.90 Å². The van der Waals surface area contributed by atoms with Gasteiger partial charge in [0, 0.05) is 5.92 Å². The molecule has 1 aliphatic rings. The molecule has 1 atom stereocenters. The number of hydrogen-bond acceptors (Lipinski definition) is 3. The molecule has 0 aromatic heterocycles. The quantitative estimate of drug-likeness (QED) is 0.901. The molecule has 0 saturated carbocycles. The number of rotatable bonds is 4. The van der Waals surface area contributed by atoms with Crippen molar-refractivity contribution in [3.63, 3.8) is 0 Å². The first-order valence-corrected chi connectivity index (χ1v) is 8.22. The number of fused-ring (bicyclic) bond motifs is 3. The van der Waals surface area contributed by atoms with Gasteiger partial charge in [0.2, 0.25) is 0 Å². The van der Waals surface area contributed by atoms with Gasteiger partial charge in [-0.2, -0.15) is 0 Å². The van der Waals surface area contributed by atoms with Gasteiger partial charge in [-0.05, 0) is 43.0 Å². The molecule has 3 rings (SSSR count). The smallest absolute Gasteiger partial charge is 0.407 e. The zero-order chi connectivity index (χ0) is 17.3. The van der Waals surface area contributed by atoms with Gasteiger partial charge in [0.05, 0.1) is 11.6 Å². The number of benzene rings is 2. The Labute approximate surface area is 142 Å². The average Bonchev–Trinajstić information content (AvgIpc) is 2.86. The van der Waals surface area contributed by atoms with Crippen LogP contribution in [0.5, 0.6) is 0 Å². The average molecular weight is 325 g/mol. The summed E-state index contributed by atoms with van der Waals surface area (Å²) in [5.41, 5.74) is 3.77. The highest BCUT2D eigenvalue weighted by molar-refractivity contribution is 5.79. The van der Waals surface area contributed by atoms with Crippen LogP contribution in [0.1, 0.15) is 37.8 Å². The van der Waals surface area contributed by atoms with Gasteiger partial charge in [0.1, 0.15) is 6.61 Å². The van der Waals surface area contributed by atoms with E-state index in [1.165, 1.54) is 22.3 Å². The fourth-order valence-corrected chi connectivity index (χ4v) is 2.99. The monoisotopic (exact) mass is 325 g/mol. The molecule has 1 aliphatic carbocycles. The van der Waals surface area contributed by atoms with Gasteiger partial charge in [-0.1, -0.05) is 48.5 Å². The van der Waals surface area contributed by atoms with Crippen LogP contribution in [-0.4, -0.2) is 29.4 Å². The van der Waals surface area contributed by atoms with Crippen LogP contribution in [0.4, 0.5) is 4.79 Å². The minimum Gasteiger partial charge on any atom is -0.449 e. The minimum atomic E-state index is -0.994. The molecule has 0 saturated heterocycles. The lowest BCUT2D eigenvalue weighted by atomic mass is 9.98. The maximum absolute atomic E-state index is 12.0. The highest BCUT2D eigenvalue weighted by atomic mass is 16.5. The molecule has 0 aliphatic heterocycles. The van der Waals surface area contributed by atoms with Crippen molar-refractivity contribution in [2.45, 2.75) is 38.3 Å². The van der Waals surface area contributed by atoms with Crippen molar-refractivity contribution in [1.82, 2.24) is 5.32 Å². The molecule has 24 heavy (non-hydrogen) atoms. The number of carbonyl (C=O) groups is 1. The predicted octanol–water partition coefficient (Wildman–Crippen LogP) is 3.68. The summed E-state index contributed by atoms with van der Waals surface area (Å²) in [5.74, 6) is 0.0422. The van der Waals surface area contributed by atoms with Gasteiger partial charge in [-0.3, -0.25) is 0 Å². The summed E-state index contributed by atoms with van der Waals surface area (Å²) in [4.78, 5) is 12.0. The van der Waals surface area contributed by atoms with Gasteiger partial charge in [0.15, 0.2) is 0 Å². The lowest BCUT2D eigenvalue weighted by molar-refractivity contribution is 0.0405. The molecule has 2 aromatic rings. The number of alkyl carbamates (subject to hydrolysis) is 1. The van der Waals surface area contributed by atoms with Crippen molar-refractivity contribution < 1.29 is 14.6 Å². The van der Waals surface area contributed by atoms with E-state index >= 15 is 0 Å². The molecule has 0 spiro atoms. The Hall–Kier alpha value is -2.33. The second-order valence-electron chi connectivity index (χ2n) is 6.85. The largest absolute Gasteiger partial charge is 0.449 e. The Kier molecular flexibility index (Phi) is 4.33. The summed E-state index contributed by atoms with van der Waals surface area (Å²) in [6, 6.07) is 16.0. The summed E-state index contributed by atoms with van der Waals surface area (Å²) >= 11 is 0. The van der Waals surface area contributed by atoms with Gasteiger partial charge in [0.25, 0.3) is 0 Å². The van der Waals surface area contributed by atoms with Crippen LogP contribution in [0, 0.1) is 0 Å². The minimum absolute atomic E-state index is 0.0422. The Balaban J connectivity index is 1.73. The van der Waals surface area contributed by atoms with E-state index < -0.39 is 17.7 Å². The van der Waals surface area contributed by atoms with Crippen LogP contribution in [0.3, 0.4) is 0 Å². The highest BCUT2D eigenvalue weighted by Gasteiger charge is 2.30. The Morgan fingerprint density at radius 1 is 1.12 bits per heavy atom. The van der Waals surface area contributed by atoms with Crippen LogP contribution >= 0.6 is 0 Å². The van der Waals surface area contributed by atoms with Gasteiger partial charge >= 0.3 is 6.09 Å². The molecular formula is C20H23NO3. The van der Waals surface area contributed by atoms with E-state index in [4.69, 9.17) is 4.74 Å². The molecule has 126 valence electrons. The van der Waals surface area contributed by atoms with Crippen molar-refractivity contribution >= 4 is 6.09 Å². The zero-order valence-corrected chi connectivity index (χ0v) is 14.2. The normalized spacial score (nSPS) is 14.7. The van der Waals surface area contributed by atoms with Crippen LogP contribution in [0.15, 0.2) is 48.5 Å². The lowest BCUT2D eigenvalue weighted by Gasteiger charge is -2.26. The Bertz CT molecular complexity index is 703. The first-order valence-electron chi connectivity index (χ1n) is 8.22. The van der Waals surface area contributed by atoms with Gasteiger partial charge in [-0.15, -0.1) is 0 Å². The molecule has 0 unspecified atom stereocenters. The number of carbonyl (C=O) groups excluding carboxylic acids is 1. The summed E-state index contributed by atoms with van der Waals surface area (Å²) in [5, 5.41) is 12.6. The second kappa shape index (κ2) is 6.29. The van der Waals surface area contributed by atoms with Crippen molar-refractivity contribution in [3.8, 4) is 11.1 Å². The highest BCUT2D eigenvalue weighted by Crippen LogP contribution is 2.44. The standard InChI is InChI=1S/C20H23NO3/c1-13(20(2,3)23)21-19(22)24-12-18-16-10-6-4-8-14(16)15-9-5-7-11-17(15)18/h4-11,13,18,23H,12H2,1-3H3,(H,21,22)/t13-/m0/s1. The van der Waals surface area contributed by atoms with Crippen molar-refractivity contribution in [2.75, 3.05) is 6.61 Å². The maximum atomic E-state index is 12.0. The third-order valence-corrected chi connectivity index (χ3v) is 4.74. The molecule has 0 bridgehead atoms. The number of amides is 1. The van der Waals surface area contributed by atoms with Crippen LogP contribution in [0.25, 0.3) is 11.1 Å². The van der Waals surface area contributed by atoms with Gasteiger partial charge in [-0.25, -0.2) is 4.79 Å². The summed E-state index contributed by atoms with van der Waals surface area (Å²) in [6.07, 6.45) is -0.508. The first-order chi connectivity index (χ1) is 11.4. The maximum Gasteiger partial charge on any atom is 0.407 e. The number of hydrogen-bond donors (Lipinski definition) is 2. The number of aliphatic hydroxyl groups is 1. The van der Waals surface area contributed by atoms with Crippen molar-refractivity contribution in [1.29, 1.82) is 0 Å². The SMILES string of the molecule is C[C@H](NC(=O)OCC1c2ccccc2-c2ccccc21)C(C)(C)O. The fraction of sp³-hybridized carbons (Fsp3) is 0.350. The summed E-state index contributed by atoms with van der Waals surface area (Å²) < 4.78 is 5.44. The Morgan fingerprint density at radius 2 is 1.62 bits per heavy atom. The van der Waals surface area contributed by atoms with Gasteiger partial charge < -0.3 is 15.2 Å². The molecule has 0 fully saturated rings. The first kappa shape index (κ1) is 16.5. The Morgan fingerprint density at radius 3 is 2.12 bits per heavy atom. The summed E-state index contributed by atoms with van der Waals surface area (Å²) in [6.45, 7) is 5.34. The van der Waals surface area contributed by atoms with Crippen LogP contribution < -0.4 is 5.32 Å². The molecule has 1 amide bonds. The third kappa shape index (κ3) is 3.15. The number of nitrogens with one attached hydrogen (secondary N) is 1. The van der Waals surface area contributed by atoms with Crippen molar-refractivity contribution in [2.24, 2.45) is 0 Å². The number of ether oxygens (including phenoxy) is 1. The molecule has 0 radical (unpaired) electrons. The molecular weight excluding hydrogens is 302 g/mol. The second-order valence-corrected chi connectivity index (χ2v) is 6.85. The molecule has 4 nitrogen and oxygen atoms in total. The van der Waals surface area contributed by atoms with E-state index in [0.29, 0.717) is 0 Å². The van der Waals surface area contributed by atoms with Crippen LogP contribution in [0.2, 0.25) is 0 Å². The topological polar surface area (TPSA) is 58.6 Å². The molecule has 2 aromatic carbocycles. The van der Waals surface area contributed by atoms with E-state index in [1.54, 1.807) is 20.8 Å². The van der Waals surface area contributed by atoms with E-state index in [0.717, 1.165) is 0 Å². The zero-order valence-electron chi connectivity index (χ0n) is 14.2. The molecule has 4 heteroatoms. The molecule has 2 N–H and O–H groups in total. The summed E-state index contributed by atoms with van der Waals surface area (Å²) in [7, 11) is 0. The third-order valence-electron chi connectivity index (χ3n) is 4.74. The molecule has 0 heterocycles. The fourth-order valence-electron chi connectivity index (χ4n) is 2.99. The van der Waals surface area contributed by atoms with Crippen LogP contribution in [-0.2, 0) is 4.74 Å². The van der Waals surface area contributed by atoms with E-state index in [2.05, 4.69) is 29.6 Å². The van der Waals surface area contributed by atoms with E-state index in [1.807, 2.05) is 24.3 Å². The lowest BCUT2D eigenvalue weighted by Crippen LogP contribution is -2.47. The predicted molar refractivity (Wildman–Crippen MR) is 94.0 cm³/mol.